The first-order valence-corrected chi connectivity index (χ1v) is 9.89. The van der Waals surface area contributed by atoms with Gasteiger partial charge in [-0.25, -0.2) is 13.8 Å². The van der Waals surface area contributed by atoms with E-state index in [0.29, 0.717) is 22.6 Å². The lowest BCUT2D eigenvalue weighted by Gasteiger charge is -2.27. The number of fused-ring (bicyclic) bond motifs is 3. The van der Waals surface area contributed by atoms with Crippen molar-refractivity contribution in [1.29, 1.82) is 5.26 Å². The summed E-state index contributed by atoms with van der Waals surface area (Å²) < 4.78 is 36.0. The van der Waals surface area contributed by atoms with Crippen molar-refractivity contribution in [3.8, 4) is 28.8 Å². The van der Waals surface area contributed by atoms with Crippen LogP contribution in [0.25, 0.3) is 22.5 Å². The van der Waals surface area contributed by atoms with Crippen LogP contribution in [0.2, 0.25) is 0 Å². The maximum Gasteiger partial charge on any atom is 0.263 e. The second-order valence-corrected chi connectivity index (χ2v) is 7.76. The zero-order chi connectivity index (χ0) is 22.5. The van der Waals surface area contributed by atoms with Gasteiger partial charge < -0.3 is 4.74 Å². The second kappa shape index (κ2) is 7.24. The standard InChI is InChI=1S/C24H16F2N4O2/c1-24(26)6-2-5-16(19(24)10-27)17-9-18-20(13-32-21-8-14(25)11-29-22(18)21)30(23(17)31)15-4-3-7-28-12-15/h2-5,7-9,11-12H,6,13H2,1H3. The number of pyridine rings is 3. The summed E-state index contributed by atoms with van der Waals surface area (Å²) in [6.45, 7) is 1.32. The van der Waals surface area contributed by atoms with E-state index in [2.05, 4.69) is 9.97 Å². The molecule has 0 saturated carbocycles. The average Bonchev–Trinajstić information content (AvgIpc) is 2.78. The first kappa shape index (κ1) is 19.8. The highest BCUT2D eigenvalue weighted by atomic mass is 19.1. The number of aromatic nitrogens is 3. The average molecular weight is 430 g/mol. The molecule has 6 nitrogen and oxygen atoms in total. The predicted molar refractivity (Wildman–Crippen MR) is 113 cm³/mol. The smallest absolute Gasteiger partial charge is 0.263 e. The number of nitriles is 1. The number of hydrogen-bond acceptors (Lipinski definition) is 5. The summed E-state index contributed by atoms with van der Waals surface area (Å²) >= 11 is 0. The molecule has 32 heavy (non-hydrogen) atoms. The zero-order valence-corrected chi connectivity index (χ0v) is 17.0. The van der Waals surface area contributed by atoms with Crippen molar-refractivity contribution < 1.29 is 13.5 Å². The van der Waals surface area contributed by atoms with Crippen molar-refractivity contribution in [1.82, 2.24) is 14.5 Å². The molecule has 4 heterocycles. The van der Waals surface area contributed by atoms with E-state index >= 15 is 4.39 Å². The van der Waals surface area contributed by atoms with E-state index < -0.39 is 17.0 Å². The van der Waals surface area contributed by atoms with E-state index in [0.717, 1.165) is 6.20 Å². The van der Waals surface area contributed by atoms with Crippen molar-refractivity contribution in [3.63, 3.8) is 0 Å². The monoisotopic (exact) mass is 430 g/mol. The Morgan fingerprint density at radius 1 is 1.28 bits per heavy atom. The third-order valence-corrected chi connectivity index (χ3v) is 5.62. The molecule has 1 atom stereocenters. The predicted octanol–water partition coefficient (Wildman–Crippen LogP) is 4.29. The maximum atomic E-state index is 15.1. The molecular weight excluding hydrogens is 414 g/mol. The summed E-state index contributed by atoms with van der Waals surface area (Å²) in [5.41, 5.74) is -0.241. The van der Waals surface area contributed by atoms with Gasteiger partial charge in [-0.15, -0.1) is 0 Å². The topological polar surface area (TPSA) is 80.8 Å². The molecule has 5 rings (SSSR count). The first-order valence-electron chi connectivity index (χ1n) is 9.89. The Bertz CT molecular complexity index is 1420. The van der Waals surface area contributed by atoms with Crippen LogP contribution in [0.5, 0.6) is 5.75 Å². The summed E-state index contributed by atoms with van der Waals surface area (Å²) in [4.78, 5) is 22.0. The van der Waals surface area contributed by atoms with Crippen LogP contribution in [0, 0.1) is 17.1 Å². The zero-order valence-electron chi connectivity index (χ0n) is 17.0. The molecular formula is C24H16F2N4O2. The van der Waals surface area contributed by atoms with Crippen LogP contribution in [0.15, 0.2) is 65.4 Å². The molecule has 1 aliphatic heterocycles. The first-order chi connectivity index (χ1) is 15.4. The second-order valence-electron chi connectivity index (χ2n) is 7.76. The summed E-state index contributed by atoms with van der Waals surface area (Å²) in [6, 6.07) is 8.14. The fourth-order valence-corrected chi connectivity index (χ4v) is 4.10. The molecule has 0 N–H and O–H groups in total. The number of ether oxygens (including phenoxy) is 1. The fourth-order valence-electron chi connectivity index (χ4n) is 4.10. The van der Waals surface area contributed by atoms with Crippen LogP contribution in [-0.4, -0.2) is 20.2 Å². The van der Waals surface area contributed by atoms with Gasteiger partial charge in [0.25, 0.3) is 5.56 Å². The molecule has 0 radical (unpaired) electrons. The van der Waals surface area contributed by atoms with Gasteiger partial charge in [-0.2, -0.15) is 5.26 Å². The summed E-state index contributed by atoms with van der Waals surface area (Å²) in [6.07, 6.45) is 7.40. The SMILES string of the molecule is CC1(F)CC=CC(c2cc3c(n(-c4cccnc4)c2=O)COc2cc(F)cnc2-3)=C1C#N. The molecule has 3 aromatic heterocycles. The minimum atomic E-state index is -1.90. The van der Waals surface area contributed by atoms with Gasteiger partial charge in [-0.1, -0.05) is 12.2 Å². The third kappa shape index (κ3) is 3.02. The molecule has 0 amide bonds. The van der Waals surface area contributed by atoms with Crippen molar-refractivity contribution in [2.24, 2.45) is 0 Å². The van der Waals surface area contributed by atoms with Crippen LogP contribution < -0.4 is 10.3 Å². The van der Waals surface area contributed by atoms with E-state index in [9.17, 15) is 14.4 Å². The largest absolute Gasteiger partial charge is 0.485 e. The minimum Gasteiger partial charge on any atom is -0.485 e. The molecule has 158 valence electrons. The van der Waals surface area contributed by atoms with E-state index in [1.165, 1.54) is 23.8 Å². The Kier molecular flexibility index (Phi) is 4.48. The van der Waals surface area contributed by atoms with Gasteiger partial charge in [-0.05, 0) is 25.1 Å². The van der Waals surface area contributed by atoms with Crippen LogP contribution in [0.4, 0.5) is 8.78 Å². The molecule has 1 aliphatic carbocycles. The molecule has 3 aromatic rings. The summed E-state index contributed by atoms with van der Waals surface area (Å²) in [7, 11) is 0. The van der Waals surface area contributed by atoms with E-state index in [4.69, 9.17) is 4.74 Å². The van der Waals surface area contributed by atoms with Crippen LogP contribution in [0.1, 0.15) is 24.6 Å². The quantitative estimate of drug-likeness (QED) is 0.606. The Morgan fingerprint density at radius 2 is 2.12 bits per heavy atom. The highest BCUT2D eigenvalue weighted by molar-refractivity contribution is 5.84. The summed E-state index contributed by atoms with van der Waals surface area (Å²) in [5, 5.41) is 9.69. The number of rotatable bonds is 2. The van der Waals surface area contributed by atoms with Crippen LogP contribution in [0.3, 0.4) is 0 Å². The number of hydrogen-bond donors (Lipinski definition) is 0. The highest BCUT2D eigenvalue weighted by Gasteiger charge is 2.35. The maximum absolute atomic E-state index is 15.1. The summed E-state index contributed by atoms with van der Waals surface area (Å²) in [5.74, 6) is -0.310. The fraction of sp³-hybridized carbons (Fsp3) is 0.167. The lowest BCUT2D eigenvalue weighted by atomic mass is 9.83. The number of alkyl halides is 1. The molecule has 0 bridgehead atoms. The van der Waals surface area contributed by atoms with E-state index in [1.807, 2.05) is 6.07 Å². The molecule has 8 heteroatoms. The van der Waals surface area contributed by atoms with E-state index in [1.54, 1.807) is 36.5 Å². The lowest BCUT2D eigenvalue weighted by Crippen LogP contribution is -2.30. The third-order valence-electron chi connectivity index (χ3n) is 5.62. The Labute approximate surface area is 181 Å². The molecule has 0 fully saturated rings. The van der Waals surface area contributed by atoms with Gasteiger partial charge in [0.1, 0.15) is 29.5 Å². The van der Waals surface area contributed by atoms with Gasteiger partial charge in [0.2, 0.25) is 0 Å². The molecule has 0 saturated heterocycles. The number of allylic oxidation sites excluding steroid dienone is 4. The van der Waals surface area contributed by atoms with Crippen molar-refractivity contribution in [3.05, 3.63) is 88.0 Å². The van der Waals surface area contributed by atoms with Crippen molar-refractivity contribution >= 4 is 5.57 Å². The van der Waals surface area contributed by atoms with Gasteiger partial charge in [-0.3, -0.25) is 14.3 Å². The number of nitrogens with zero attached hydrogens (tertiary/aromatic N) is 4. The Morgan fingerprint density at radius 3 is 2.88 bits per heavy atom. The van der Waals surface area contributed by atoms with Gasteiger partial charge >= 0.3 is 0 Å². The number of halogens is 2. The highest BCUT2D eigenvalue weighted by Crippen LogP contribution is 2.40. The lowest BCUT2D eigenvalue weighted by molar-refractivity contribution is 0.249. The van der Waals surface area contributed by atoms with Gasteiger partial charge in [0, 0.05) is 35.4 Å². The van der Waals surface area contributed by atoms with Gasteiger partial charge in [0.05, 0.1) is 35.4 Å². The van der Waals surface area contributed by atoms with Crippen molar-refractivity contribution in [2.45, 2.75) is 25.6 Å². The molecule has 0 spiro atoms. The van der Waals surface area contributed by atoms with Crippen molar-refractivity contribution in [2.75, 3.05) is 0 Å². The normalized spacial score (nSPS) is 19.1. The Hall–Kier alpha value is -4.12. The van der Waals surface area contributed by atoms with Crippen LogP contribution in [-0.2, 0) is 6.61 Å². The van der Waals surface area contributed by atoms with E-state index in [-0.39, 0.29) is 35.5 Å². The van der Waals surface area contributed by atoms with Gasteiger partial charge in [0.15, 0.2) is 0 Å². The molecule has 2 aliphatic rings. The molecule has 0 aromatic carbocycles. The minimum absolute atomic E-state index is 0.00129. The Balaban J connectivity index is 1.89. The molecule has 1 unspecified atom stereocenters. The van der Waals surface area contributed by atoms with Crippen LogP contribution >= 0.6 is 0 Å².